The Balaban J connectivity index is 2.18. The standard InChI is InChI=1S/C10H18N6O/c1-2-7-17-10-13-8(15-11)12-9(14-10)16-5-3-4-6-16/h2-7,11H2,1H3,(H,12,13,14,15). The van der Waals surface area contributed by atoms with Crippen LogP contribution in [0.15, 0.2) is 0 Å². The maximum absolute atomic E-state index is 5.41. The SMILES string of the molecule is CCCOc1nc(NN)nc(N2CCCC2)n1. The molecule has 0 radical (unpaired) electrons. The molecule has 0 spiro atoms. The monoisotopic (exact) mass is 238 g/mol. The number of hydrogen-bond acceptors (Lipinski definition) is 7. The number of nitrogens with zero attached hydrogens (tertiary/aromatic N) is 4. The van der Waals surface area contributed by atoms with Crippen molar-refractivity contribution in [2.75, 3.05) is 30.0 Å². The molecular formula is C10H18N6O. The van der Waals surface area contributed by atoms with E-state index >= 15 is 0 Å². The van der Waals surface area contributed by atoms with E-state index in [9.17, 15) is 0 Å². The zero-order chi connectivity index (χ0) is 12.1. The number of nitrogen functional groups attached to an aromatic ring is 1. The summed E-state index contributed by atoms with van der Waals surface area (Å²) >= 11 is 0. The number of rotatable bonds is 5. The minimum atomic E-state index is 0.330. The molecule has 1 aromatic rings. The minimum Gasteiger partial charge on any atom is -0.463 e. The molecule has 1 aliphatic rings. The average Bonchev–Trinajstić information content (AvgIpc) is 2.89. The van der Waals surface area contributed by atoms with E-state index in [0.29, 0.717) is 24.5 Å². The Bertz CT molecular complexity index is 366. The van der Waals surface area contributed by atoms with Crippen LogP contribution in [0.4, 0.5) is 11.9 Å². The summed E-state index contributed by atoms with van der Waals surface area (Å²) in [6, 6.07) is 0.330. The van der Waals surface area contributed by atoms with E-state index in [0.717, 1.165) is 19.5 Å². The van der Waals surface area contributed by atoms with E-state index < -0.39 is 0 Å². The highest BCUT2D eigenvalue weighted by Gasteiger charge is 2.17. The molecule has 94 valence electrons. The van der Waals surface area contributed by atoms with Gasteiger partial charge in [-0.3, -0.25) is 5.43 Å². The van der Waals surface area contributed by atoms with Crippen LogP contribution in [0.3, 0.4) is 0 Å². The number of aromatic nitrogens is 3. The Morgan fingerprint density at radius 2 is 2.06 bits per heavy atom. The maximum Gasteiger partial charge on any atom is 0.323 e. The van der Waals surface area contributed by atoms with E-state index in [1.807, 2.05) is 6.92 Å². The molecule has 1 saturated heterocycles. The largest absolute Gasteiger partial charge is 0.463 e. The minimum absolute atomic E-state index is 0.330. The molecule has 2 heterocycles. The highest BCUT2D eigenvalue weighted by Crippen LogP contribution is 2.19. The van der Waals surface area contributed by atoms with Crippen molar-refractivity contribution < 1.29 is 4.74 Å². The molecule has 0 unspecified atom stereocenters. The van der Waals surface area contributed by atoms with Crippen LogP contribution in [-0.4, -0.2) is 34.6 Å². The lowest BCUT2D eigenvalue weighted by molar-refractivity contribution is 0.292. The van der Waals surface area contributed by atoms with Gasteiger partial charge >= 0.3 is 6.01 Å². The molecule has 0 amide bonds. The summed E-state index contributed by atoms with van der Waals surface area (Å²) < 4.78 is 5.41. The van der Waals surface area contributed by atoms with Gasteiger partial charge in [-0.15, -0.1) is 0 Å². The molecule has 1 fully saturated rings. The molecule has 1 aromatic heterocycles. The van der Waals surface area contributed by atoms with Gasteiger partial charge in [-0.25, -0.2) is 5.84 Å². The first-order valence-corrected chi connectivity index (χ1v) is 5.94. The van der Waals surface area contributed by atoms with E-state index in [1.54, 1.807) is 0 Å². The zero-order valence-corrected chi connectivity index (χ0v) is 10.0. The lowest BCUT2D eigenvalue weighted by Crippen LogP contribution is -2.22. The van der Waals surface area contributed by atoms with Crippen molar-refractivity contribution in [1.82, 2.24) is 15.0 Å². The smallest absolute Gasteiger partial charge is 0.323 e. The van der Waals surface area contributed by atoms with Crippen molar-refractivity contribution in [1.29, 1.82) is 0 Å². The number of anilines is 2. The van der Waals surface area contributed by atoms with Crippen LogP contribution in [0.1, 0.15) is 26.2 Å². The number of nitrogens with two attached hydrogens (primary N) is 1. The average molecular weight is 238 g/mol. The Morgan fingerprint density at radius 3 is 2.71 bits per heavy atom. The quantitative estimate of drug-likeness (QED) is 0.571. The lowest BCUT2D eigenvalue weighted by atomic mass is 10.4. The summed E-state index contributed by atoms with van der Waals surface area (Å²) in [4.78, 5) is 14.7. The summed E-state index contributed by atoms with van der Waals surface area (Å²) in [7, 11) is 0. The van der Waals surface area contributed by atoms with Gasteiger partial charge < -0.3 is 9.64 Å². The fourth-order valence-corrected chi connectivity index (χ4v) is 1.73. The van der Waals surface area contributed by atoms with Gasteiger partial charge in [0.2, 0.25) is 11.9 Å². The van der Waals surface area contributed by atoms with Gasteiger partial charge in [0, 0.05) is 13.1 Å². The topological polar surface area (TPSA) is 89.2 Å². The second-order valence-corrected chi connectivity index (χ2v) is 3.93. The molecule has 7 nitrogen and oxygen atoms in total. The molecule has 17 heavy (non-hydrogen) atoms. The predicted octanol–water partition coefficient (Wildman–Crippen LogP) is 0.546. The first-order chi connectivity index (χ1) is 8.33. The van der Waals surface area contributed by atoms with Gasteiger partial charge in [-0.05, 0) is 19.3 Å². The van der Waals surface area contributed by atoms with Crippen LogP contribution in [-0.2, 0) is 0 Å². The highest BCUT2D eigenvalue weighted by molar-refractivity contribution is 5.38. The Hall–Kier alpha value is -1.63. The van der Waals surface area contributed by atoms with Crippen molar-refractivity contribution in [3.63, 3.8) is 0 Å². The molecule has 0 saturated carbocycles. The third-order valence-electron chi connectivity index (χ3n) is 2.56. The summed E-state index contributed by atoms with van der Waals surface area (Å²) in [6.45, 7) is 4.57. The summed E-state index contributed by atoms with van der Waals surface area (Å²) in [5.74, 6) is 6.31. The fraction of sp³-hybridized carbons (Fsp3) is 0.700. The molecule has 0 aromatic carbocycles. The van der Waals surface area contributed by atoms with E-state index in [4.69, 9.17) is 10.6 Å². The van der Waals surface area contributed by atoms with Crippen molar-refractivity contribution >= 4 is 11.9 Å². The molecular weight excluding hydrogens is 220 g/mol. The van der Waals surface area contributed by atoms with Crippen molar-refractivity contribution in [2.24, 2.45) is 5.84 Å². The fourth-order valence-electron chi connectivity index (χ4n) is 1.73. The van der Waals surface area contributed by atoms with Gasteiger partial charge in [0.05, 0.1) is 6.61 Å². The van der Waals surface area contributed by atoms with E-state index in [1.165, 1.54) is 12.8 Å². The maximum atomic E-state index is 5.41. The first-order valence-electron chi connectivity index (χ1n) is 5.94. The van der Waals surface area contributed by atoms with Gasteiger partial charge in [-0.1, -0.05) is 6.92 Å². The molecule has 0 atom stereocenters. The van der Waals surface area contributed by atoms with Crippen LogP contribution in [0.25, 0.3) is 0 Å². The molecule has 7 heteroatoms. The number of hydrazine groups is 1. The van der Waals surface area contributed by atoms with Gasteiger partial charge in [0.15, 0.2) is 0 Å². The molecule has 0 bridgehead atoms. The van der Waals surface area contributed by atoms with Gasteiger partial charge in [0.25, 0.3) is 0 Å². The van der Waals surface area contributed by atoms with E-state index in [-0.39, 0.29) is 0 Å². The molecule has 2 rings (SSSR count). The Labute approximate surface area is 100 Å². The van der Waals surface area contributed by atoms with E-state index in [2.05, 4.69) is 25.3 Å². The Kier molecular flexibility index (Phi) is 3.92. The highest BCUT2D eigenvalue weighted by atomic mass is 16.5. The normalized spacial score (nSPS) is 15.1. The number of hydrogen-bond donors (Lipinski definition) is 2. The molecule has 0 aliphatic carbocycles. The van der Waals surface area contributed by atoms with Crippen LogP contribution in [0, 0.1) is 0 Å². The lowest BCUT2D eigenvalue weighted by Gasteiger charge is -2.16. The summed E-state index contributed by atoms with van der Waals surface area (Å²) in [6.07, 6.45) is 3.25. The predicted molar refractivity (Wildman–Crippen MR) is 64.9 cm³/mol. The first kappa shape index (κ1) is 11.8. The third kappa shape index (κ3) is 2.94. The summed E-state index contributed by atoms with van der Waals surface area (Å²) in [5.41, 5.74) is 2.44. The van der Waals surface area contributed by atoms with Crippen LogP contribution in [0.5, 0.6) is 6.01 Å². The van der Waals surface area contributed by atoms with Crippen LogP contribution < -0.4 is 20.9 Å². The van der Waals surface area contributed by atoms with Crippen molar-refractivity contribution in [3.8, 4) is 6.01 Å². The second kappa shape index (κ2) is 5.62. The number of ether oxygens (including phenoxy) is 1. The molecule has 1 aliphatic heterocycles. The van der Waals surface area contributed by atoms with Crippen molar-refractivity contribution in [3.05, 3.63) is 0 Å². The van der Waals surface area contributed by atoms with Crippen LogP contribution >= 0.6 is 0 Å². The second-order valence-electron chi connectivity index (χ2n) is 3.93. The zero-order valence-electron chi connectivity index (χ0n) is 10.0. The third-order valence-corrected chi connectivity index (χ3v) is 2.56. The molecule has 3 N–H and O–H groups in total. The Morgan fingerprint density at radius 1 is 1.29 bits per heavy atom. The van der Waals surface area contributed by atoms with Gasteiger partial charge in [0.1, 0.15) is 0 Å². The number of nitrogens with one attached hydrogen (secondary N) is 1. The van der Waals surface area contributed by atoms with Gasteiger partial charge in [-0.2, -0.15) is 15.0 Å². The van der Waals surface area contributed by atoms with Crippen molar-refractivity contribution in [2.45, 2.75) is 26.2 Å². The summed E-state index contributed by atoms with van der Waals surface area (Å²) in [5, 5.41) is 0. The van der Waals surface area contributed by atoms with Crippen LogP contribution in [0.2, 0.25) is 0 Å².